The number of hydrazone groups is 1. The number of rotatable bonds is 9. The molecule has 1 aromatic carbocycles. The highest BCUT2D eigenvalue weighted by Gasteiger charge is 2.01. The molecular weight excluding hydrogens is 430 g/mol. The maximum atomic E-state index is 4.48. The maximum absolute atomic E-state index is 4.48. The quantitative estimate of drug-likeness (QED) is 0.184. The van der Waals surface area contributed by atoms with Gasteiger partial charge in [-0.25, -0.2) is 4.57 Å². The van der Waals surface area contributed by atoms with Gasteiger partial charge in [0.25, 0.3) is 0 Å². The fourth-order valence-corrected chi connectivity index (χ4v) is 2.71. The van der Waals surface area contributed by atoms with E-state index in [4.69, 9.17) is 0 Å². The molecule has 3 nitrogen and oxygen atoms in total. The van der Waals surface area contributed by atoms with Crippen LogP contribution < -0.4 is 26.6 Å². The van der Waals surface area contributed by atoms with Crippen LogP contribution in [0.1, 0.15) is 31.2 Å². The monoisotopic (exact) mass is 453 g/mol. The largest absolute Gasteiger partial charge is 1.00 e. The molecule has 0 fully saturated rings. The van der Waals surface area contributed by atoms with E-state index in [0.29, 0.717) is 0 Å². The molecule has 0 aliphatic carbocycles. The molecule has 0 saturated carbocycles. The van der Waals surface area contributed by atoms with Gasteiger partial charge in [-0.3, -0.25) is 5.01 Å². The Kier molecular flexibility index (Phi) is 10.6. The first kappa shape index (κ1) is 20.8. The smallest absolute Gasteiger partial charge is 0.169 e. The van der Waals surface area contributed by atoms with Gasteiger partial charge in [0, 0.05) is 36.5 Å². The average Bonchev–Trinajstić information content (AvgIpc) is 2.61. The Morgan fingerprint density at radius 2 is 1.67 bits per heavy atom. The Labute approximate surface area is 164 Å². The predicted octanol–water partition coefficient (Wildman–Crippen LogP) is 1.40. The summed E-state index contributed by atoms with van der Waals surface area (Å²) in [4.78, 5) is 0. The summed E-state index contributed by atoms with van der Waals surface area (Å²) in [5.74, 6) is 0. The first-order valence-electron chi connectivity index (χ1n) is 8.17. The van der Waals surface area contributed by atoms with Crippen molar-refractivity contribution in [3.05, 3.63) is 60.4 Å². The summed E-state index contributed by atoms with van der Waals surface area (Å²) in [6.45, 7) is 1.09. The predicted molar refractivity (Wildman–Crippen MR) is 101 cm³/mol. The van der Waals surface area contributed by atoms with Gasteiger partial charge in [0.2, 0.25) is 0 Å². The van der Waals surface area contributed by atoms with E-state index in [-0.39, 0.29) is 17.0 Å². The van der Waals surface area contributed by atoms with Gasteiger partial charge in [-0.2, -0.15) is 5.10 Å². The highest BCUT2D eigenvalue weighted by Crippen LogP contribution is 2.10. The molecule has 0 amide bonds. The summed E-state index contributed by atoms with van der Waals surface area (Å²) in [6, 6.07) is 14.4. The van der Waals surface area contributed by atoms with E-state index in [1.807, 2.05) is 48.6 Å². The molecule has 0 bridgehead atoms. The number of hydrogen-bond acceptors (Lipinski definition) is 2. The van der Waals surface area contributed by atoms with E-state index in [2.05, 4.69) is 50.1 Å². The van der Waals surface area contributed by atoms with E-state index in [9.17, 15) is 0 Å². The van der Waals surface area contributed by atoms with Gasteiger partial charge in [-0.1, -0.05) is 40.5 Å². The van der Waals surface area contributed by atoms with Crippen LogP contribution in [-0.2, 0) is 6.54 Å². The number of pyridine rings is 1. The molecule has 0 saturated heterocycles. The number of hydrogen-bond donors (Lipinski definition) is 0. The lowest BCUT2D eigenvalue weighted by atomic mass is 10.2. The van der Waals surface area contributed by atoms with E-state index >= 15 is 0 Å². The van der Waals surface area contributed by atoms with E-state index < -0.39 is 0 Å². The van der Waals surface area contributed by atoms with Gasteiger partial charge in [-0.15, -0.1) is 0 Å². The van der Waals surface area contributed by atoms with Crippen molar-refractivity contribution in [3.63, 3.8) is 0 Å². The lowest BCUT2D eigenvalue weighted by Crippen LogP contribution is -3.00. The zero-order valence-corrected chi connectivity index (χ0v) is 17.3. The molecule has 0 radical (unpaired) electrons. The van der Waals surface area contributed by atoms with Crippen LogP contribution >= 0.6 is 15.9 Å². The number of halogens is 2. The third-order valence-corrected chi connectivity index (χ3v) is 4.29. The molecule has 24 heavy (non-hydrogen) atoms. The number of benzene rings is 1. The Morgan fingerprint density at radius 1 is 1.00 bits per heavy atom. The standard InChI is InChI=1S/C19H25BrN3.BrH/c1-22(19-9-5-4-6-10-19)21-17-18-11-15-23(16-12-18)14-8-3-2-7-13-20;/h4-6,9-12,15-17H,2-3,7-8,13-14H2,1H3;1H/q+1;/p-1. The van der Waals surface area contributed by atoms with Crippen LogP contribution in [0.15, 0.2) is 60.0 Å². The number of unbranched alkanes of at least 4 members (excludes halogenated alkanes) is 3. The van der Waals surface area contributed by atoms with Crippen LogP contribution in [0.2, 0.25) is 0 Å². The number of nitrogens with zero attached hydrogens (tertiary/aromatic N) is 3. The van der Waals surface area contributed by atoms with Crippen molar-refractivity contribution in [3.8, 4) is 0 Å². The molecule has 1 aromatic heterocycles. The number of para-hydroxylation sites is 1. The van der Waals surface area contributed by atoms with Crippen LogP contribution in [0.3, 0.4) is 0 Å². The summed E-state index contributed by atoms with van der Waals surface area (Å²) in [5.41, 5.74) is 2.20. The minimum atomic E-state index is 0. The van der Waals surface area contributed by atoms with Crippen LogP contribution in [0.4, 0.5) is 5.69 Å². The third-order valence-electron chi connectivity index (χ3n) is 3.73. The van der Waals surface area contributed by atoms with Crippen LogP contribution in [0.25, 0.3) is 0 Å². The van der Waals surface area contributed by atoms with E-state index in [0.717, 1.165) is 23.1 Å². The van der Waals surface area contributed by atoms with E-state index in [1.54, 1.807) is 0 Å². The molecule has 0 spiro atoms. The summed E-state index contributed by atoms with van der Waals surface area (Å²) in [7, 11) is 1.96. The Hall–Kier alpha value is -1.20. The zero-order valence-electron chi connectivity index (χ0n) is 14.1. The molecule has 0 aliphatic rings. The van der Waals surface area contributed by atoms with Crippen molar-refractivity contribution in [2.45, 2.75) is 32.2 Å². The molecule has 0 atom stereocenters. The summed E-state index contributed by atoms with van der Waals surface area (Å²) < 4.78 is 2.24. The lowest BCUT2D eigenvalue weighted by molar-refractivity contribution is -0.697. The number of alkyl halides is 1. The SMILES string of the molecule is CN(/N=C/c1cc[n+](CCCCCCBr)cc1)c1ccccc1.[Br-]. The van der Waals surface area contributed by atoms with Crippen LogP contribution in [0.5, 0.6) is 0 Å². The second-order valence-corrected chi connectivity index (χ2v) is 6.37. The minimum Gasteiger partial charge on any atom is -1.00 e. The van der Waals surface area contributed by atoms with Crippen molar-refractivity contribution < 1.29 is 21.5 Å². The first-order valence-corrected chi connectivity index (χ1v) is 9.29. The fourth-order valence-electron chi connectivity index (χ4n) is 2.31. The lowest BCUT2D eigenvalue weighted by Gasteiger charge is -2.11. The topological polar surface area (TPSA) is 19.5 Å². The maximum Gasteiger partial charge on any atom is 0.169 e. The van der Waals surface area contributed by atoms with Gasteiger partial charge in [-0.05, 0) is 25.0 Å². The average molecular weight is 455 g/mol. The molecule has 130 valence electrons. The van der Waals surface area contributed by atoms with Gasteiger partial charge in [0.15, 0.2) is 12.4 Å². The van der Waals surface area contributed by atoms with Crippen molar-refractivity contribution in [1.29, 1.82) is 0 Å². The Morgan fingerprint density at radius 3 is 2.33 bits per heavy atom. The molecule has 0 aliphatic heterocycles. The van der Waals surface area contributed by atoms with Gasteiger partial charge >= 0.3 is 0 Å². The second-order valence-electron chi connectivity index (χ2n) is 5.58. The van der Waals surface area contributed by atoms with Crippen molar-refractivity contribution in [1.82, 2.24) is 0 Å². The normalized spacial score (nSPS) is 10.6. The number of aryl methyl sites for hydroxylation is 1. The minimum absolute atomic E-state index is 0. The van der Waals surface area contributed by atoms with Crippen molar-refractivity contribution in [2.24, 2.45) is 5.10 Å². The van der Waals surface area contributed by atoms with Gasteiger partial charge < -0.3 is 17.0 Å². The van der Waals surface area contributed by atoms with Crippen LogP contribution in [-0.4, -0.2) is 18.6 Å². The number of anilines is 1. The summed E-state index contributed by atoms with van der Waals surface area (Å²) >= 11 is 3.47. The third kappa shape index (κ3) is 7.58. The molecule has 0 unspecified atom stereocenters. The summed E-state index contributed by atoms with van der Waals surface area (Å²) in [6.07, 6.45) is 11.3. The second kappa shape index (κ2) is 12.2. The van der Waals surface area contributed by atoms with Gasteiger partial charge in [0.1, 0.15) is 6.54 Å². The molecule has 1 heterocycles. The highest BCUT2D eigenvalue weighted by atomic mass is 79.9. The molecular formula is C19H25Br2N3. The highest BCUT2D eigenvalue weighted by molar-refractivity contribution is 9.09. The van der Waals surface area contributed by atoms with Crippen molar-refractivity contribution >= 4 is 27.8 Å². The van der Waals surface area contributed by atoms with Crippen molar-refractivity contribution in [2.75, 3.05) is 17.4 Å². The first-order chi connectivity index (χ1) is 11.3. The molecule has 2 aromatic rings. The fraction of sp³-hybridized carbons (Fsp3) is 0.368. The molecule has 0 N–H and O–H groups in total. The summed E-state index contributed by atoms with van der Waals surface area (Å²) in [5, 5.41) is 7.48. The van der Waals surface area contributed by atoms with E-state index in [1.165, 1.54) is 25.7 Å². The number of aromatic nitrogens is 1. The Bertz CT molecular complexity index is 585. The van der Waals surface area contributed by atoms with Gasteiger partial charge in [0.05, 0.1) is 11.9 Å². The Balaban J connectivity index is 0.00000288. The molecule has 2 rings (SSSR count). The molecule has 5 heteroatoms. The van der Waals surface area contributed by atoms with Crippen LogP contribution in [0, 0.1) is 0 Å². The zero-order chi connectivity index (χ0) is 16.3.